The molecule has 1 aromatic carbocycles. The van der Waals surface area contributed by atoms with Crippen LogP contribution in [0.1, 0.15) is 25.5 Å². The van der Waals surface area contributed by atoms with Crippen LogP contribution in [0.5, 0.6) is 0 Å². The molecule has 1 aromatic rings. The number of benzene rings is 1. The highest BCUT2D eigenvalue weighted by atomic mass is 35.5. The molecule has 2 fully saturated rings. The Labute approximate surface area is 174 Å². The van der Waals surface area contributed by atoms with E-state index in [9.17, 15) is 31.5 Å². The van der Waals surface area contributed by atoms with Gasteiger partial charge in [-0.05, 0) is 13.0 Å². The zero-order chi connectivity index (χ0) is 22.4. The van der Waals surface area contributed by atoms with Crippen LogP contribution in [0.4, 0.5) is 26.7 Å². The fourth-order valence-corrected chi connectivity index (χ4v) is 3.96. The van der Waals surface area contributed by atoms with Crippen molar-refractivity contribution >= 4 is 23.5 Å². The number of nitrogens with one attached hydrogen (secondary N) is 3. The van der Waals surface area contributed by atoms with E-state index >= 15 is 0 Å². The number of carbonyl (C=O) groups is 2. The summed E-state index contributed by atoms with van der Waals surface area (Å²) >= 11 is 5.67. The van der Waals surface area contributed by atoms with Crippen molar-refractivity contribution in [1.82, 2.24) is 20.9 Å². The van der Waals surface area contributed by atoms with E-state index < -0.39 is 58.3 Å². The normalized spacial score (nSPS) is 23.2. The Kier molecular flexibility index (Phi) is 5.89. The average Bonchev–Trinajstić information content (AvgIpc) is 3.07. The van der Waals surface area contributed by atoms with Crippen LogP contribution in [0.2, 0.25) is 5.02 Å². The van der Waals surface area contributed by atoms with Crippen molar-refractivity contribution in [1.29, 1.82) is 0 Å². The van der Waals surface area contributed by atoms with Gasteiger partial charge in [-0.3, -0.25) is 9.69 Å². The lowest BCUT2D eigenvalue weighted by Gasteiger charge is -2.54. The van der Waals surface area contributed by atoms with Gasteiger partial charge < -0.3 is 16.0 Å². The second kappa shape index (κ2) is 7.84. The maximum absolute atomic E-state index is 14.7. The topological polar surface area (TPSA) is 73.5 Å². The highest BCUT2D eigenvalue weighted by Crippen LogP contribution is 2.46. The summed E-state index contributed by atoms with van der Waals surface area (Å²) in [5.74, 6) is -2.75. The van der Waals surface area contributed by atoms with Crippen molar-refractivity contribution in [2.24, 2.45) is 5.41 Å². The molecule has 6 nitrogen and oxygen atoms in total. The number of rotatable bonds is 5. The highest BCUT2D eigenvalue weighted by Gasteiger charge is 2.53. The van der Waals surface area contributed by atoms with Gasteiger partial charge in [-0.2, -0.15) is 13.2 Å². The van der Waals surface area contributed by atoms with Crippen LogP contribution >= 0.6 is 11.6 Å². The molecular weight excluding hydrogens is 435 g/mol. The minimum atomic E-state index is -4.44. The summed E-state index contributed by atoms with van der Waals surface area (Å²) in [5, 5.41) is 6.62. The molecule has 2 saturated heterocycles. The maximum Gasteiger partial charge on any atom is 0.403 e. The van der Waals surface area contributed by atoms with Crippen molar-refractivity contribution in [3.8, 4) is 0 Å². The molecule has 3 rings (SSSR count). The largest absolute Gasteiger partial charge is 0.403 e. The predicted octanol–water partition coefficient (Wildman–Crippen LogP) is 2.73. The summed E-state index contributed by atoms with van der Waals surface area (Å²) in [6, 6.07) is -2.28. The number of nitrogens with zero attached hydrogens (tertiary/aromatic N) is 1. The standard InChI is InChI=1S/C18H20ClF5N4O2/c1-8(18(22,23)24)28-6-17(2,7-28)14(9-3-4-10(20)12(19)13(9)21)27-15(29)11-5-25-16(30)26-11/h3-4,8,11,14H,5-7H2,1-2H3,(H,27,29)(H2,25,26,30)/t8-,11+,14-/m1/s1. The number of urea groups is 1. The van der Waals surface area contributed by atoms with Crippen LogP contribution in [0.3, 0.4) is 0 Å². The molecule has 30 heavy (non-hydrogen) atoms. The van der Waals surface area contributed by atoms with Gasteiger partial charge in [0.25, 0.3) is 0 Å². The summed E-state index contributed by atoms with van der Waals surface area (Å²) in [6.07, 6.45) is -4.44. The molecule has 0 saturated carbocycles. The monoisotopic (exact) mass is 454 g/mol. The molecule has 0 radical (unpaired) electrons. The number of hydrogen-bond donors (Lipinski definition) is 3. The summed E-state index contributed by atoms with van der Waals surface area (Å²) in [4.78, 5) is 25.1. The van der Waals surface area contributed by atoms with Gasteiger partial charge in [0, 0.05) is 30.6 Å². The smallest absolute Gasteiger partial charge is 0.347 e. The Hall–Kier alpha value is -2.14. The first-order valence-electron chi connectivity index (χ1n) is 9.12. The van der Waals surface area contributed by atoms with Crippen LogP contribution < -0.4 is 16.0 Å². The fourth-order valence-electron chi connectivity index (χ4n) is 3.79. The number of carbonyl (C=O) groups excluding carboxylic acids is 2. The van der Waals surface area contributed by atoms with Crippen molar-refractivity contribution in [3.05, 3.63) is 34.4 Å². The second-order valence-electron chi connectivity index (χ2n) is 7.89. The van der Waals surface area contributed by atoms with Crippen LogP contribution in [-0.2, 0) is 4.79 Å². The summed E-state index contributed by atoms with van der Waals surface area (Å²) in [6.45, 7) is 2.42. The Balaban J connectivity index is 1.88. The van der Waals surface area contributed by atoms with Gasteiger partial charge in [-0.1, -0.05) is 24.6 Å². The van der Waals surface area contributed by atoms with Crippen LogP contribution in [-0.4, -0.2) is 54.7 Å². The van der Waals surface area contributed by atoms with Crippen molar-refractivity contribution in [2.75, 3.05) is 19.6 Å². The van der Waals surface area contributed by atoms with E-state index in [1.54, 1.807) is 6.92 Å². The molecule has 0 aliphatic carbocycles. The van der Waals surface area contributed by atoms with Gasteiger partial charge >= 0.3 is 12.2 Å². The summed E-state index contributed by atoms with van der Waals surface area (Å²) in [7, 11) is 0. The number of halogens is 6. The van der Waals surface area contributed by atoms with E-state index in [0.29, 0.717) is 0 Å². The van der Waals surface area contributed by atoms with E-state index in [4.69, 9.17) is 11.6 Å². The SMILES string of the molecule is C[C@@H](N1CC(C)([C@H](NC(=O)[C@@H]2CNC(=O)N2)c2ccc(F)c(Cl)c2F)C1)C(F)(F)F. The number of alkyl halides is 3. The third-order valence-corrected chi connectivity index (χ3v) is 5.94. The Morgan fingerprint density at radius 2 is 1.97 bits per heavy atom. The Morgan fingerprint density at radius 1 is 1.33 bits per heavy atom. The third kappa shape index (κ3) is 4.18. The van der Waals surface area contributed by atoms with Crippen LogP contribution in [0.25, 0.3) is 0 Å². The first-order valence-corrected chi connectivity index (χ1v) is 9.50. The molecular formula is C18H20ClF5N4O2. The zero-order valence-corrected chi connectivity index (χ0v) is 16.8. The van der Waals surface area contributed by atoms with E-state index in [-0.39, 0.29) is 25.2 Å². The molecule has 12 heteroatoms. The quantitative estimate of drug-likeness (QED) is 0.473. The zero-order valence-electron chi connectivity index (χ0n) is 16.0. The molecule has 0 bridgehead atoms. The van der Waals surface area contributed by atoms with E-state index in [1.807, 2.05) is 0 Å². The van der Waals surface area contributed by atoms with Crippen LogP contribution in [0.15, 0.2) is 12.1 Å². The highest BCUT2D eigenvalue weighted by molar-refractivity contribution is 6.31. The lowest BCUT2D eigenvalue weighted by atomic mass is 9.71. The second-order valence-corrected chi connectivity index (χ2v) is 8.27. The van der Waals surface area contributed by atoms with Crippen molar-refractivity contribution in [3.63, 3.8) is 0 Å². The molecule has 2 heterocycles. The molecule has 2 aliphatic heterocycles. The van der Waals surface area contributed by atoms with Gasteiger partial charge in [0.15, 0.2) is 0 Å². The molecule has 0 unspecified atom stereocenters. The Bertz CT molecular complexity index is 860. The fraction of sp³-hybridized carbons (Fsp3) is 0.556. The molecule has 3 amide bonds. The number of amides is 3. The van der Waals surface area contributed by atoms with E-state index in [1.165, 1.54) is 0 Å². The minimum absolute atomic E-state index is 0.00199. The van der Waals surface area contributed by atoms with Gasteiger partial charge in [0.05, 0.1) is 6.04 Å². The first-order chi connectivity index (χ1) is 13.8. The molecule has 2 aliphatic rings. The van der Waals surface area contributed by atoms with Gasteiger partial charge in [0.1, 0.15) is 28.7 Å². The lowest BCUT2D eigenvalue weighted by Crippen LogP contribution is -2.65. The van der Waals surface area contributed by atoms with E-state index in [0.717, 1.165) is 24.0 Å². The van der Waals surface area contributed by atoms with Gasteiger partial charge in [0.2, 0.25) is 5.91 Å². The first kappa shape index (κ1) is 22.5. The molecule has 0 aromatic heterocycles. The molecule has 3 atom stereocenters. The average molecular weight is 455 g/mol. The predicted molar refractivity (Wildman–Crippen MR) is 97.8 cm³/mol. The maximum atomic E-state index is 14.7. The van der Waals surface area contributed by atoms with Gasteiger partial charge in [-0.15, -0.1) is 0 Å². The third-order valence-electron chi connectivity index (χ3n) is 5.60. The molecule has 166 valence electrons. The van der Waals surface area contributed by atoms with Crippen molar-refractivity contribution < 1.29 is 31.5 Å². The summed E-state index contributed by atoms with van der Waals surface area (Å²) in [5.41, 5.74) is -1.14. The number of hydrogen-bond acceptors (Lipinski definition) is 3. The van der Waals surface area contributed by atoms with Crippen molar-refractivity contribution in [2.45, 2.75) is 38.1 Å². The van der Waals surface area contributed by atoms with Gasteiger partial charge in [-0.25, -0.2) is 13.6 Å². The molecule has 0 spiro atoms. The number of likely N-dealkylation sites (tertiary alicyclic amines) is 1. The van der Waals surface area contributed by atoms with E-state index in [2.05, 4.69) is 16.0 Å². The molecule has 3 N–H and O–H groups in total. The van der Waals surface area contributed by atoms with Crippen LogP contribution in [0, 0.1) is 17.0 Å². The minimum Gasteiger partial charge on any atom is -0.347 e. The Morgan fingerprint density at radius 3 is 2.50 bits per heavy atom. The summed E-state index contributed by atoms with van der Waals surface area (Å²) < 4.78 is 67.5. The lowest BCUT2D eigenvalue weighted by molar-refractivity contribution is -0.206.